The van der Waals surface area contributed by atoms with E-state index in [1.54, 1.807) is 6.07 Å². The number of furan rings is 2. The van der Waals surface area contributed by atoms with Crippen molar-refractivity contribution in [3.63, 3.8) is 0 Å². The normalized spacial score (nSPS) is 12.0. The summed E-state index contributed by atoms with van der Waals surface area (Å²) in [6.45, 7) is 2.11. The van der Waals surface area contributed by atoms with Gasteiger partial charge in [-0.2, -0.15) is 10.5 Å². The summed E-state index contributed by atoms with van der Waals surface area (Å²) in [5, 5.41) is 30.1. The largest absolute Gasteiger partial charge is 0.456 e. The lowest BCUT2D eigenvalue weighted by Crippen LogP contribution is -2.10. The zero-order valence-electron chi connectivity index (χ0n) is 27.9. The molecule has 0 fully saturated rings. The Morgan fingerprint density at radius 1 is 0.462 bits per heavy atom. The second-order valence-corrected chi connectivity index (χ2v) is 13.3. The molecule has 0 saturated carbocycles. The summed E-state index contributed by atoms with van der Waals surface area (Å²) in [6, 6.07) is 48.0. The highest BCUT2D eigenvalue weighted by Gasteiger charge is 2.27. The van der Waals surface area contributed by atoms with Crippen molar-refractivity contribution in [2.75, 3.05) is 0 Å². The van der Waals surface area contributed by atoms with E-state index in [9.17, 15) is 10.5 Å². The number of nitrogens with zero attached hydrogens (tertiary/aromatic N) is 4. The fourth-order valence-corrected chi connectivity index (χ4v) is 8.77. The first-order valence-electron chi connectivity index (χ1n) is 17.4. The molecular formula is C46H26N4O2. The number of nitriles is 2. The highest BCUT2D eigenvalue weighted by Crippen LogP contribution is 2.46. The Kier molecular flexibility index (Phi) is 5.69. The molecule has 7 aromatic carbocycles. The van der Waals surface area contributed by atoms with Gasteiger partial charge in [-0.05, 0) is 61.0 Å². The standard InChI is InChI=1S/C46H26N4O2/c1-2-28-45(49-33-15-7-3-11-29(33)41-35(49)19-21-39-43(41)31-13-5-9-17-37(31)51-39)26(24-47)23-27(25-48)46(28)50-34-16-8-4-12-30(34)42-36(50)20-22-40-44(42)32-14-6-10-18-38(32)52-40/h3-23H,2H2,1H3. The summed E-state index contributed by atoms with van der Waals surface area (Å²) < 4.78 is 17.1. The lowest BCUT2D eigenvalue weighted by atomic mass is 9.97. The van der Waals surface area contributed by atoms with Gasteiger partial charge in [-0.25, -0.2) is 0 Å². The van der Waals surface area contributed by atoms with Gasteiger partial charge in [0.05, 0.1) is 44.6 Å². The Hall–Kier alpha value is -7.28. The van der Waals surface area contributed by atoms with E-state index in [1.807, 2.05) is 60.7 Å². The molecule has 0 bridgehead atoms. The van der Waals surface area contributed by atoms with Crippen molar-refractivity contribution in [1.29, 1.82) is 10.5 Å². The molecule has 242 valence electrons. The minimum atomic E-state index is 0.445. The van der Waals surface area contributed by atoms with Crippen LogP contribution in [0.25, 0.3) is 98.9 Å². The Bertz CT molecular complexity index is 3200. The fourth-order valence-electron chi connectivity index (χ4n) is 8.77. The maximum atomic E-state index is 10.8. The number of hydrogen-bond acceptors (Lipinski definition) is 4. The summed E-state index contributed by atoms with van der Waals surface area (Å²) in [5.41, 5.74) is 10.5. The van der Waals surface area contributed by atoms with Gasteiger partial charge < -0.3 is 18.0 Å². The summed E-state index contributed by atoms with van der Waals surface area (Å²) in [7, 11) is 0. The summed E-state index contributed by atoms with van der Waals surface area (Å²) in [6.07, 6.45) is 0.574. The van der Waals surface area contributed by atoms with Crippen molar-refractivity contribution >= 4 is 87.5 Å². The molecule has 0 amide bonds. The molecule has 0 aliphatic carbocycles. The van der Waals surface area contributed by atoms with E-state index in [-0.39, 0.29) is 0 Å². The Labute approximate surface area is 296 Å². The van der Waals surface area contributed by atoms with Crippen LogP contribution in [0.5, 0.6) is 0 Å². The van der Waals surface area contributed by atoms with Crippen LogP contribution < -0.4 is 0 Å². The van der Waals surface area contributed by atoms with Gasteiger partial charge in [0.2, 0.25) is 0 Å². The van der Waals surface area contributed by atoms with Gasteiger partial charge in [-0.15, -0.1) is 0 Å². The van der Waals surface area contributed by atoms with Gasteiger partial charge >= 0.3 is 0 Å². The van der Waals surface area contributed by atoms with E-state index >= 15 is 0 Å². The predicted octanol–water partition coefficient (Wildman–Crippen LogP) is 12.0. The maximum Gasteiger partial charge on any atom is 0.136 e. The first-order valence-corrected chi connectivity index (χ1v) is 17.4. The summed E-state index contributed by atoms with van der Waals surface area (Å²) in [5.74, 6) is 0. The molecule has 0 aliphatic rings. The molecule has 0 spiro atoms. The molecule has 0 aliphatic heterocycles. The third-order valence-corrected chi connectivity index (χ3v) is 10.8. The number of fused-ring (bicyclic) bond motifs is 14. The van der Waals surface area contributed by atoms with Gasteiger partial charge in [0.25, 0.3) is 0 Å². The van der Waals surface area contributed by atoms with Crippen LogP contribution in [0.2, 0.25) is 0 Å². The lowest BCUT2D eigenvalue weighted by Gasteiger charge is -2.21. The van der Waals surface area contributed by atoms with Crippen LogP contribution >= 0.6 is 0 Å². The molecule has 6 nitrogen and oxygen atoms in total. The molecule has 0 N–H and O–H groups in total. The zero-order chi connectivity index (χ0) is 34.7. The minimum Gasteiger partial charge on any atom is -0.456 e. The zero-order valence-corrected chi connectivity index (χ0v) is 27.9. The molecule has 0 unspecified atom stereocenters. The molecule has 4 heterocycles. The monoisotopic (exact) mass is 666 g/mol. The summed E-state index contributed by atoms with van der Waals surface area (Å²) >= 11 is 0. The molecule has 11 rings (SSSR count). The van der Waals surface area contributed by atoms with Gasteiger partial charge in [-0.1, -0.05) is 79.7 Å². The smallest absolute Gasteiger partial charge is 0.136 e. The van der Waals surface area contributed by atoms with Gasteiger partial charge in [-0.3, -0.25) is 0 Å². The Morgan fingerprint density at radius 2 is 0.885 bits per heavy atom. The average molecular weight is 667 g/mol. The van der Waals surface area contributed by atoms with Gasteiger partial charge in [0.15, 0.2) is 0 Å². The van der Waals surface area contributed by atoms with Crippen LogP contribution in [-0.4, -0.2) is 9.13 Å². The highest BCUT2D eigenvalue weighted by molar-refractivity contribution is 6.29. The van der Waals surface area contributed by atoms with E-state index in [2.05, 4.69) is 88.9 Å². The van der Waals surface area contributed by atoms with Crippen LogP contribution in [0.3, 0.4) is 0 Å². The molecule has 52 heavy (non-hydrogen) atoms. The predicted molar refractivity (Wildman–Crippen MR) is 208 cm³/mol. The first-order chi connectivity index (χ1) is 25.7. The quantitative estimate of drug-likeness (QED) is 0.188. The second-order valence-electron chi connectivity index (χ2n) is 13.3. The molecular weight excluding hydrogens is 641 g/mol. The number of rotatable bonds is 3. The fraction of sp³-hybridized carbons (Fsp3) is 0.0435. The average Bonchev–Trinajstić information content (AvgIpc) is 3.94. The van der Waals surface area contributed by atoms with Gasteiger partial charge in [0, 0.05) is 48.7 Å². The van der Waals surface area contributed by atoms with Crippen LogP contribution in [0.15, 0.2) is 136 Å². The van der Waals surface area contributed by atoms with Crippen molar-refractivity contribution in [2.45, 2.75) is 13.3 Å². The molecule has 0 atom stereocenters. The van der Waals surface area contributed by atoms with Crippen molar-refractivity contribution in [2.24, 2.45) is 0 Å². The van der Waals surface area contributed by atoms with E-state index in [0.717, 1.165) is 104 Å². The SMILES string of the molecule is CCc1c(-n2c3ccccc3c3c4c(ccc32)oc2ccccc24)c(C#N)cc(C#N)c1-n1c2ccccc2c2c3c(ccc21)oc1ccccc13. The van der Waals surface area contributed by atoms with Crippen LogP contribution in [0.4, 0.5) is 0 Å². The van der Waals surface area contributed by atoms with Crippen LogP contribution in [-0.2, 0) is 6.42 Å². The summed E-state index contributed by atoms with van der Waals surface area (Å²) in [4.78, 5) is 0. The molecule has 4 aromatic heterocycles. The van der Waals surface area contributed by atoms with E-state index in [4.69, 9.17) is 8.83 Å². The van der Waals surface area contributed by atoms with E-state index in [1.165, 1.54) is 0 Å². The molecule has 0 radical (unpaired) electrons. The second kappa shape index (κ2) is 10.4. The van der Waals surface area contributed by atoms with Crippen LogP contribution in [0.1, 0.15) is 23.6 Å². The number of aromatic nitrogens is 2. The number of benzene rings is 7. The maximum absolute atomic E-state index is 10.8. The topological polar surface area (TPSA) is 83.7 Å². The first kappa shape index (κ1) is 28.5. The minimum absolute atomic E-state index is 0.445. The van der Waals surface area contributed by atoms with Crippen molar-refractivity contribution in [3.05, 3.63) is 144 Å². The molecule has 6 heteroatoms. The van der Waals surface area contributed by atoms with E-state index < -0.39 is 0 Å². The van der Waals surface area contributed by atoms with Gasteiger partial charge in [0.1, 0.15) is 34.5 Å². The third-order valence-electron chi connectivity index (χ3n) is 10.8. The number of hydrogen-bond donors (Lipinski definition) is 0. The highest BCUT2D eigenvalue weighted by atomic mass is 16.3. The third kappa shape index (κ3) is 3.55. The number of para-hydroxylation sites is 4. The Morgan fingerprint density at radius 3 is 1.33 bits per heavy atom. The Balaban J connectivity index is 1.33. The van der Waals surface area contributed by atoms with Crippen molar-refractivity contribution in [1.82, 2.24) is 9.13 Å². The molecule has 11 aromatic rings. The lowest BCUT2D eigenvalue weighted by molar-refractivity contribution is 0.669. The van der Waals surface area contributed by atoms with E-state index in [0.29, 0.717) is 17.5 Å². The van der Waals surface area contributed by atoms with Crippen LogP contribution in [0, 0.1) is 22.7 Å². The molecule has 0 saturated heterocycles. The van der Waals surface area contributed by atoms with Crippen molar-refractivity contribution < 1.29 is 8.83 Å². The van der Waals surface area contributed by atoms with Crippen molar-refractivity contribution in [3.8, 4) is 23.5 Å².